The molecule has 0 aromatic heterocycles. The zero-order valence-corrected chi connectivity index (χ0v) is 14.0. The van der Waals surface area contributed by atoms with Crippen molar-refractivity contribution in [1.82, 2.24) is 4.90 Å². The first kappa shape index (κ1) is 16.0. The maximum atomic E-state index is 12.7. The maximum Gasteiger partial charge on any atom is 0.340 e. The molecule has 1 aliphatic rings. The standard InChI is InChI=1S/C20H19NO3/c1-4-21-13(2)18(20(23)24-3)17(19(21)22)12-15-10-7-9-14-8-5-6-11-16(14)15/h5-12H,4H2,1-3H3/b17-12-. The molecule has 3 rings (SSSR count). The Morgan fingerprint density at radius 2 is 1.88 bits per heavy atom. The summed E-state index contributed by atoms with van der Waals surface area (Å²) in [6, 6.07) is 13.9. The van der Waals surface area contributed by atoms with Gasteiger partial charge in [0, 0.05) is 12.2 Å². The van der Waals surface area contributed by atoms with Gasteiger partial charge in [-0.15, -0.1) is 0 Å². The highest BCUT2D eigenvalue weighted by Crippen LogP contribution is 2.32. The number of methoxy groups -OCH3 is 1. The van der Waals surface area contributed by atoms with Crippen molar-refractivity contribution in [3.05, 3.63) is 64.9 Å². The number of amides is 1. The van der Waals surface area contributed by atoms with Crippen molar-refractivity contribution >= 4 is 28.7 Å². The second-order valence-corrected chi connectivity index (χ2v) is 5.63. The summed E-state index contributed by atoms with van der Waals surface area (Å²) in [5, 5.41) is 2.13. The van der Waals surface area contributed by atoms with E-state index in [1.165, 1.54) is 7.11 Å². The van der Waals surface area contributed by atoms with Crippen LogP contribution in [-0.4, -0.2) is 30.4 Å². The maximum absolute atomic E-state index is 12.7. The first-order valence-corrected chi connectivity index (χ1v) is 7.89. The van der Waals surface area contributed by atoms with Gasteiger partial charge < -0.3 is 9.64 Å². The summed E-state index contributed by atoms with van der Waals surface area (Å²) in [7, 11) is 1.33. The Kier molecular flexibility index (Phi) is 4.21. The van der Waals surface area contributed by atoms with Gasteiger partial charge in [0.25, 0.3) is 5.91 Å². The Morgan fingerprint density at radius 1 is 1.17 bits per heavy atom. The molecule has 4 nitrogen and oxygen atoms in total. The first-order valence-electron chi connectivity index (χ1n) is 7.89. The van der Waals surface area contributed by atoms with E-state index in [4.69, 9.17) is 4.74 Å². The van der Waals surface area contributed by atoms with Gasteiger partial charge in [-0.05, 0) is 36.3 Å². The molecule has 2 aromatic rings. The SMILES string of the molecule is CCN1C(=O)/C(=C\c2cccc3ccccc23)C(C(=O)OC)=C1C. The van der Waals surface area contributed by atoms with E-state index in [0.717, 1.165) is 16.3 Å². The first-order chi connectivity index (χ1) is 11.6. The van der Waals surface area contributed by atoms with E-state index in [9.17, 15) is 9.59 Å². The molecule has 0 radical (unpaired) electrons. The summed E-state index contributed by atoms with van der Waals surface area (Å²) in [6.07, 6.45) is 1.79. The molecule has 0 N–H and O–H groups in total. The van der Waals surface area contributed by atoms with E-state index in [2.05, 4.69) is 0 Å². The van der Waals surface area contributed by atoms with Gasteiger partial charge in [-0.25, -0.2) is 4.79 Å². The van der Waals surface area contributed by atoms with Crippen molar-refractivity contribution in [2.45, 2.75) is 13.8 Å². The molecule has 1 heterocycles. The van der Waals surface area contributed by atoms with Crippen molar-refractivity contribution in [1.29, 1.82) is 0 Å². The number of carbonyl (C=O) groups is 2. The quantitative estimate of drug-likeness (QED) is 0.642. The van der Waals surface area contributed by atoms with Crippen LogP contribution < -0.4 is 0 Å². The number of ether oxygens (including phenoxy) is 1. The highest BCUT2D eigenvalue weighted by molar-refractivity contribution is 6.17. The third kappa shape index (κ3) is 2.50. The average molecular weight is 321 g/mol. The molecule has 0 spiro atoms. The molecule has 122 valence electrons. The van der Waals surface area contributed by atoms with Crippen LogP contribution in [0.2, 0.25) is 0 Å². The number of carbonyl (C=O) groups excluding carboxylic acids is 2. The summed E-state index contributed by atoms with van der Waals surface area (Å²) in [6.45, 7) is 4.17. The molecule has 1 aliphatic heterocycles. The van der Waals surface area contributed by atoms with Gasteiger partial charge in [0.1, 0.15) is 0 Å². The number of hydrogen-bond acceptors (Lipinski definition) is 3. The van der Waals surface area contributed by atoms with Gasteiger partial charge in [0.05, 0.1) is 18.3 Å². The Balaban J connectivity index is 2.20. The number of fused-ring (bicyclic) bond motifs is 1. The number of esters is 1. The number of likely N-dealkylation sites (N-methyl/N-ethyl adjacent to an activating group) is 1. The van der Waals surface area contributed by atoms with Crippen LogP contribution in [0, 0.1) is 0 Å². The van der Waals surface area contributed by atoms with Crippen molar-refractivity contribution < 1.29 is 14.3 Å². The minimum atomic E-state index is -0.483. The second kappa shape index (κ2) is 6.32. The van der Waals surface area contributed by atoms with Crippen LogP contribution in [-0.2, 0) is 14.3 Å². The summed E-state index contributed by atoms with van der Waals surface area (Å²) in [5.41, 5.74) is 2.28. The highest BCUT2D eigenvalue weighted by Gasteiger charge is 2.36. The lowest BCUT2D eigenvalue weighted by Gasteiger charge is -2.14. The monoisotopic (exact) mass is 321 g/mol. The molecular formula is C20H19NO3. The Morgan fingerprint density at radius 3 is 2.58 bits per heavy atom. The molecule has 4 heteroatoms. The summed E-state index contributed by atoms with van der Waals surface area (Å²) < 4.78 is 4.88. The number of benzene rings is 2. The second-order valence-electron chi connectivity index (χ2n) is 5.63. The molecule has 0 fully saturated rings. The zero-order valence-electron chi connectivity index (χ0n) is 14.0. The minimum Gasteiger partial charge on any atom is -0.465 e. The van der Waals surface area contributed by atoms with E-state index in [-0.39, 0.29) is 5.91 Å². The van der Waals surface area contributed by atoms with Crippen LogP contribution >= 0.6 is 0 Å². The van der Waals surface area contributed by atoms with Gasteiger partial charge in [0.2, 0.25) is 0 Å². The highest BCUT2D eigenvalue weighted by atomic mass is 16.5. The van der Waals surface area contributed by atoms with E-state index in [1.807, 2.05) is 49.4 Å². The van der Waals surface area contributed by atoms with Gasteiger partial charge in [-0.1, -0.05) is 42.5 Å². The largest absolute Gasteiger partial charge is 0.465 e. The van der Waals surface area contributed by atoms with Crippen molar-refractivity contribution in [2.24, 2.45) is 0 Å². The lowest BCUT2D eigenvalue weighted by Crippen LogP contribution is -2.24. The van der Waals surface area contributed by atoms with Crippen LogP contribution in [0.3, 0.4) is 0 Å². The van der Waals surface area contributed by atoms with Crippen molar-refractivity contribution in [3.8, 4) is 0 Å². The third-order valence-corrected chi connectivity index (χ3v) is 4.34. The van der Waals surface area contributed by atoms with Crippen molar-refractivity contribution in [3.63, 3.8) is 0 Å². The van der Waals surface area contributed by atoms with Gasteiger partial charge in [-0.2, -0.15) is 0 Å². The van der Waals surface area contributed by atoms with Crippen LogP contribution in [0.25, 0.3) is 16.8 Å². The van der Waals surface area contributed by atoms with Crippen LogP contribution in [0.4, 0.5) is 0 Å². The van der Waals surface area contributed by atoms with Gasteiger partial charge in [-0.3, -0.25) is 4.79 Å². The summed E-state index contributed by atoms with van der Waals surface area (Å²) in [5.74, 6) is -0.647. The lowest BCUT2D eigenvalue weighted by atomic mass is 9.99. The van der Waals surface area contributed by atoms with E-state index in [0.29, 0.717) is 23.4 Å². The molecule has 0 unspecified atom stereocenters. The molecule has 0 saturated carbocycles. The van der Waals surface area contributed by atoms with Crippen LogP contribution in [0.15, 0.2) is 59.3 Å². The lowest BCUT2D eigenvalue weighted by molar-refractivity contribution is -0.136. The fraction of sp³-hybridized carbons (Fsp3) is 0.200. The Labute approximate surface area is 141 Å². The predicted octanol–water partition coefficient (Wildman–Crippen LogP) is 3.53. The topological polar surface area (TPSA) is 46.6 Å². The van der Waals surface area contributed by atoms with Crippen molar-refractivity contribution in [2.75, 3.05) is 13.7 Å². The van der Waals surface area contributed by atoms with Gasteiger partial charge >= 0.3 is 5.97 Å². The molecule has 0 atom stereocenters. The molecule has 0 saturated heterocycles. The van der Waals surface area contributed by atoms with E-state index < -0.39 is 5.97 Å². The van der Waals surface area contributed by atoms with Crippen LogP contribution in [0.1, 0.15) is 19.4 Å². The summed E-state index contributed by atoms with van der Waals surface area (Å²) >= 11 is 0. The molecule has 24 heavy (non-hydrogen) atoms. The third-order valence-electron chi connectivity index (χ3n) is 4.34. The smallest absolute Gasteiger partial charge is 0.340 e. The van der Waals surface area contributed by atoms with E-state index in [1.54, 1.807) is 17.9 Å². The number of allylic oxidation sites excluding steroid dienone is 1. The molecule has 1 amide bonds. The number of rotatable bonds is 3. The minimum absolute atomic E-state index is 0.164. The average Bonchev–Trinajstić information content (AvgIpc) is 2.84. The molecule has 2 aromatic carbocycles. The molecule has 0 aliphatic carbocycles. The van der Waals surface area contributed by atoms with Crippen LogP contribution in [0.5, 0.6) is 0 Å². The Bertz CT molecular complexity index is 887. The predicted molar refractivity (Wildman–Crippen MR) is 94.0 cm³/mol. The summed E-state index contributed by atoms with van der Waals surface area (Å²) in [4.78, 5) is 26.5. The molecular weight excluding hydrogens is 302 g/mol. The molecule has 0 bridgehead atoms. The van der Waals surface area contributed by atoms with E-state index >= 15 is 0 Å². The normalized spacial score (nSPS) is 16.4. The Hall–Kier alpha value is -2.88. The zero-order chi connectivity index (χ0) is 17.3. The van der Waals surface area contributed by atoms with Gasteiger partial charge in [0.15, 0.2) is 0 Å². The number of nitrogens with zero attached hydrogens (tertiary/aromatic N) is 1. The fourth-order valence-electron chi connectivity index (χ4n) is 3.14. The number of hydrogen-bond donors (Lipinski definition) is 0. The fourth-order valence-corrected chi connectivity index (χ4v) is 3.14.